The van der Waals surface area contributed by atoms with Crippen LogP contribution >= 0.6 is 0 Å². The third kappa shape index (κ3) is 3.86. The van der Waals surface area contributed by atoms with Crippen LogP contribution in [-0.2, 0) is 0 Å². The lowest BCUT2D eigenvalue weighted by molar-refractivity contribution is 0.147. The Labute approximate surface area is 166 Å². The van der Waals surface area contributed by atoms with E-state index in [1.165, 1.54) is 5.69 Å². The highest BCUT2D eigenvalue weighted by Gasteiger charge is 2.28. The molecule has 2 heterocycles. The minimum absolute atomic E-state index is 0.174. The standard InChI is InChI=1S/C22H28N4O2/c1-28-21-10-6-5-9-20(21)24-13-17-26(18-14-24)22(27)25-15-11-23(12-16-25)19-7-3-2-4-8-19/h2-10H,11-18H2,1H3. The number of ether oxygens (including phenoxy) is 1. The zero-order chi connectivity index (χ0) is 19.3. The topological polar surface area (TPSA) is 39.3 Å². The molecule has 0 atom stereocenters. The maximum absolute atomic E-state index is 13.0. The van der Waals surface area contributed by atoms with E-state index in [1.54, 1.807) is 7.11 Å². The molecule has 6 nitrogen and oxygen atoms in total. The number of anilines is 2. The van der Waals surface area contributed by atoms with Gasteiger partial charge in [-0.3, -0.25) is 0 Å². The summed E-state index contributed by atoms with van der Waals surface area (Å²) in [5.41, 5.74) is 2.34. The average Bonchev–Trinajstić information content (AvgIpc) is 2.79. The molecule has 0 saturated carbocycles. The summed E-state index contributed by atoms with van der Waals surface area (Å²) in [5, 5.41) is 0. The van der Waals surface area contributed by atoms with Crippen molar-refractivity contribution in [2.45, 2.75) is 0 Å². The van der Waals surface area contributed by atoms with Crippen molar-refractivity contribution in [3.63, 3.8) is 0 Å². The fraction of sp³-hybridized carbons (Fsp3) is 0.409. The molecule has 2 fully saturated rings. The molecule has 4 rings (SSSR count). The Morgan fingerprint density at radius 3 is 1.86 bits per heavy atom. The van der Waals surface area contributed by atoms with Crippen LogP contribution in [0.15, 0.2) is 54.6 Å². The minimum Gasteiger partial charge on any atom is -0.495 e. The van der Waals surface area contributed by atoms with Crippen molar-refractivity contribution in [1.29, 1.82) is 0 Å². The molecule has 0 N–H and O–H groups in total. The van der Waals surface area contributed by atoms with Crippen molar-refractivity contribution >= 4 is 17.4 Å². The number of piperazine rings is 2. The van der Waals surface area contributed by atoms with Crippen LogP contribution in [0.25, 0.3) is 0 Å². The van der Waals surface area contributed by atoms with Gasteiger partial charge in [0.1, 0.15) is 5.75 Å². The SMILES string of the molecule is COc1ccccc1N1CCN(C(=O)N2CCN(c3ccccc3)CC2)CC1. The summed E-state index contributed by atoms with van der Waals surface area (Å²) in [6, 6.07) is 18.7. The maximum atomic E-state index is 13.0. The number of carbonyl (C=O) groups is 1. The predicted molar refractivity (Wildman–Crippen MR) is 112 cm³/mol. The first kappa shape index (κ1) is 18.5. The molecule has 2 aromatic rings. The zero-order valence-electron chi connectivity index (χ0n) is 16.5. The molecule has 2 amide bonds. The van der Waals surface area contributed by atoms with Crippen molar-refractivity contribution in [3.8, 4) is 5.75 Å². The van der Waals surface area contributed by atoms with E-state index in [9.17, 15) is 4.79 Å². The van der Waals surface area contributed by atoms with Crippen molar-refractivity contribution in [2.24, 2.45) is 0 Å². The molecule has 0 spiro atoms. The Hall–Kier alpha value is -2.89. The van der Waals surface area contributed by atoms with Gasteiger partial charge in [0.05, 0.1) is 12.8 Å². The normalized spacial score (nSPS) is 17.6. The second-order valence-electron chi connectivity index (χ2n) is 7.24. The summed E-state index contributed by atoms with van der Waals surface area (Å²) in [6.07, 6.45) is 0. The quantitative estimate of drug-likeness (QED) is 0.821. The molecule has 6 heteroatoms. The lowest BCUT2D eigenvalue weighted by Crippen LogP contribution is -2.57. The largest absolute Gasteiger partial charge is 0.495 e. The number of hydrogen-bond donors (Lipinski definition) is 0. The molecule has 0 aliphatic carbocycles. The number of nitrogens with zero attached hydrogens (tertiary/aromatic N) is 4. The number of carbonyl (C=O) groups excluding carboxylic acids is 1. The van der Waals surface area contributed by atoms with E-state index in [2.05, 4.69) is 40.1 Å². The van der Waals surface area contributed by atoms with Crippen molar-refractivity contribution in [3.05, 3.63) is 54.6 Å². The Kier molecular flexibility index (Phi) is 5.55. The molecule has 2 saturated heterocycles. The first-order chi connectivity index (χ1) is 13.8. The molecule has 2 aromatic carbocycles. The average molecular weight is 380 g/mol. The van der Waals surface area contributed by atoms with Crippen LogP contribution in [0.1, 0.15) is 0 Å². The number of methoxy groups -OCH3 is 1. The van der Waals surface area contributed by atoms with Gasteiger partial charge < -0.3 is 24.3 Å². The van der Waals surface area contributed by atoms with Crippen LogP contribution < -0.4 is 14.5 Å². The van der Waals surface area contributed by atoms with Gasteiger partial charge in [-0.1, -0.05) is 30.3 Å². The number of urea groups is 1. The van der Waals surface area contributed by atoms with Crippen molar-refractivity contribution in [2.75, 3.05) is 69.3 Å². The van der Waals surface area contributed by atoms with Gasteiger partial charge in [0.15, 0.2) is 0 Å². The van der Waals surface area contributed by atoms with Crippen LogP contribution in [0.5, 0.6) is 5.75 Å². The van der Waals surface area contributed by atoms with Gasteiger partial charge in [-0.25, -0.2) is 4.79 Å². The van der Waals surface area contributed by atoms with Gasteiger partial charge in [-0.15, -0.1) is 0 Å². The van der Waals surface area contributed by atoms with E-state index < -0.39 is 0 Å². The smallest absolute Gasteiger partial charge is 0.320 e. The van der Waals surface area contributed by atoms with Crippen LogP contribution in [0.2, 0.25) is 0 Å². The summed E-state index contributed by atoms with van der Waals surface area (Å²) in [6.45, 7) is 6.48. The molecule has 28 heavy (non-hydrogen) atoms. The van der Waals surface area contributed by atoms with Crippen LogP contribution in [0, 0.1) is 0 Å². The fourth-order valence-corrected chi connectivity index (χ4v) is 4.02. The fourth-order valence-electron chi connectivity index (χ4n) is 4.02. The molecule has 0 bridgehead atoms. The highest BCUT2D eigenvalue weighted by molar-refractivity contribution is 5.75. The number of rotatable bonds is 3. The first-order valence-electron chi connectivity index (χ1n) is 9.98. The number of benzene rings is 2. The van der Waals surface area contributed by atoms with Gasteiger partial charge >= 0.3 is 6.03 Å². The predicted octanol–water partition coefficient (Wildman–Crippen LogP) is 2.76. The van der Waals surface area contributed by atoms with Gasteiger partial charge in [0, 0.05) is 58.0 Å². The second-order valence-corrected chi connectivity index (χ2v) is 7.24. The molecule has 2 aliphatic rings. The van der Waals surface area contributed by atoms with Crippen LogP contribution in [0.3, 0.4) is 0 Å². The summed E-state index contributed by atoms with van der Waals surface area (Å²) in [7, 11) is 1.70. The second kappa shape index (κ2) is 8.42. The Morgan fingerprint density at radius 2 is 1.25 bits per heavy atom. The zero-order valence-corrected chi connectivity index (χ0v) is 16.5. The van der Waals surface area contributed by atoms with E-state index in [-0.39, 0.29) is 6.03 Å². The summed E-state index contributed by atoms with van der Waals surface area (Å²) in [4.78, 5) is 21.6. The third-order valence-electron chi connectivity index (χ3n) is 5.65. The molecular formula is C22H28N4O2. The van der Waals surface area contributed by atoms with Crippen LogP contribution in [0.4, 0.5) is 16.2 Å². The Bertz CT molecular complexity index is 782. The van der Waals surface area contributed by atoms with Gasteiger partial charge in [0.25, 0.3) is 0 Å². The van der Waals surface area contributed by atoms with E-state index in [1.807, 2.05) is 34.1 Å². The number of hydrogen-bond acceptors (Lipinski definition) is 4. The monoisotopic (exact) mass is 380 g/mol. The van der Waals surface area contributed by atoms with Gasteiger partial charge in [-0.05, 0) is 24.3 Å². The highest BCUT2D eigenvalue weighted by Crippen LogP contribution is 2.28. The molecule has 0 radical (unpaired) electrons. The number of amides is 2. The molecule has 0 aromatic heterocycles. The first-order valence-corrected chi connectivity index (χ1v) is 9.98. The molecule has 0 unspecified atom stereocenters. The van der Waals surface area contributed by atoms with E-state index in [4.69, 9.17) is 4.74 Å². The lowest BCUT2D eigenvalue weighted by atomic mass is 10.2. The lowest BCUT2D eigenvalue weighted by Gasteiger charge is -2.41. The van der Waals surface area contributed by atoms with Crippen molar-refractivity contribution < 1.29 is 9.53 Å². The Morgan fingerprint density at radius 1 is 0.714 bits per heavy atom. The molecule has 148 valence electrons. The molecular weight excluding hydrogens is 352 g/mol. The minimum atomic E-state index is 0.174. The van der Waals surface area contributed by atoms with E-state index >= 15 is 0 Å². The third-order valence-corrected chi connectivity index (χ3v) is 5.65. The van der Waals surface area contributed by atoms with E-state index in [0.717, 1.165) is 63.8 Å². The van der Waals surface area contributed by atoms with Gasteiger partial charge in [0.2, 0.25) is 0 Å². The highest BCUT2D eigenvalue weighted by atomic mass is 16.5. The van der Waals surface area contributed by atoms with Crippen molar-refractivity contribution in [1.82, 2.24) is 9.80 Å². The Balaban J connectivity index is 1.30. The molecule has 2 aliphatic heterocycles. The summed E-state index contributed by atoms with van der Waals surface area (Å²) in [5.74, 6) is 0.888. The number of para-hydroxylation sites is 3. The van der Waals surface area contributed by atoms with E-state index in [0.29, 0.717) is 0 Å². The summed E-state index contributed by atoms with van der Waals surface area (Å²) >= 11 is 0. The van der Waals surface area contributed by atoms with Crippen LogP contribution in [-0.4, -0.2) is 75.3 Å². The summed E-state index contributed by atoms with van der Waals surface area (Å²) < 4.78 is 5.48. The maximum Gasteiger partial charge on any atom is 0.320 e. The van der Waals surface area contributed by atoms with Gasteiger partial charge in [-0.2, -0.15) is 0 Å².